The van der Waals surface area contributed by atoms with E-state index >= 15 is 0 Å². The molecule has 7 heteroatoms. The number of nitrogens with zero attached hydrogens (tertiary/aromatic N) is 2. The summed E-state index contributed by atoms with van der Waals surface area (Å²) in [6.45, 7) is 1.19. The van der Waals surface area contributed by atoms with Crippen molar-refractivity contribution in [2.45, 2.75) is 6.42 Å². The summed E-state index contributed by atoms with van der Waals surface area (Å²) in [4.78, 5) is 6.57. The van der Waals surface area contributed by atoms with Crippen molar-refractivity contribution in [2.24, 2.45) is 5.73 Å². The number of anilines is 1. The standard InChI is InChI=1S/C11H15N3O2S2/c12-11(17)9-2-3-10(13-8-9)14-4-1-6-18(15,16)7-5-14/h2-3,8H,1,4-7H2,(H2,12,17). The van der Waals surface area contributed by atoms with Gasteiger partial charge in [-0.2, -0.15) is 0 Å². The fourth-order valence-corrected chi connectivity index (χ4v) is 3.28. The van der Waals surface area contributed by atoms with E-state index in [1.807, 2.05) is 17.0 Å². The zero-order valence-corrected chi connectivity index (χ0v) is 11.5. The third-order valence-electron chi connectivity index (χ3n) is 2.91. The molecule has 0 atom stereocenters. The fourth-order valence-electron chi connectivity index (χ4n) is 1.89. The third-order valence-corrected chi connectivity index (χ3v) is 4.86. The minimum Gasteiger partial charge on any atom is -0.389 e. The van der Waals surface area contributed by atoms with Gasteiger partial charge < -0.3 is 10.6 Å². The predicted octanol–water partition coefficient (Wildman–Crippen LogP) is 0.341. The van der Waals surface area contributed by atoms with Gasteiger partial charge in [-0.15, -0.1) is 0 Å². The van der Waals surface area contributed by atoms with Gasteiger partial charge >= 0.3 is 0 Å². The van der Waals surface area contributed by atoms with Gasteiger partial charge in [0.05, 0.1) is 11.5 Å². The first-order valence-corrected chi connectivity index (χ1v) is 7.92. The number of sulfone groups is 1. The van der Waals surface area contributed by atoms with Crippen molar-refractivity contribution in [2.75, 3.05) is 29.5 Å². The lowest BCUT2D eigenvalue weighted by Crippen LogP contribution is -2.27. The topological polar surface area (TPSA) is 76.3 Å². The summed E-state index contributed by atoms with van der Waals surface area (Å²) in [6, 6.07) is 3.64. The monoisotopic (exact) mass is 285 g/mol. The molecule has 0 aliphatic carbocycles. The van der Waals surface area contributed by atoms with E-state index < -0.39 is 9.84 Å². The van der Waals surface area contributed by atoms with Crippen molar-refractivity contribution in [3.05, 3.63) is 23.9 Å². The summed E-state index contributed by atoms with van der Waals surface area (Å²) in [7, 11) is -2.89. The molecule has 0 saturated carbocycles. The Morgan fingerprint density at radius 2 is 2.11 bits per heavy atom. The van der Waals surface area contributed by atoms with Crippen LogP contribution in [0.3, 0.4) is 0 Å². The van der Waals surface area contributed by atoms with E-state index in [2.05, 4.69) is 4.98 Å². The van der Waals surface area contributed by atoms with Gasteiger partial charge in [0.2, 0.25) is 0 Å². The highest BCUT2D eigenvalue weighted by molar-refractivity contribution is 7.91. The van der Waals surface area contributed by atoms with Crippen molar-refractivity contribution in [1.29, 1.82) is 0 Å². The van der Waals surface area contributed by atoms with E-state index in [0.29, 0.717) is 24.5 Å². The smallest absolute Gasteiger partial charge is 0.152 e. The maximum atomic E-state index is 11.5. The zero-order valence-electron chi connectivity index (χ0n) is 9.87. The minimum absolute atomic E-state index is 0.186. The summed E-state index contributed by atoms with van der Waals surface area (Å²) < 4.78 is 23.0. The maximum Gasteiger partial charge on any atom is 0.152 e. The van der Waals surface area contributed by atoms with Crippen LogP contribution >= 0.6 is 12.2 Å². The Hall–Kier alpha value is -1.21. The van der Waals surface area contributed by atoms with Gasteiger partial charge in [0.25, 0.3) is 0 Å². The number of pyridine rings is 1. The third kappa shape index (κ3) is 3.17. The molecule has 1 fully saturated rings. The van der Waals surface area contributed by atoms with E-state index in [1.54, 1.807) is 6.20 Å². The van der Waals surface area contributed by atoms with Crippen LogP contribution < -0.4 is 10.6 Å². The molecule has 2 rings (SSSR count). The van der Waals surface area contributed by atoms with Crippen molar-refractivity contribution in [1.82, 2.24) is 4.98 Å². The Bertz CT molecular complexity index is 540. The van der Waals surface area contributed by atoms with Crippen LogP contribution in [0.4, 0.5) is 5.82 Å². The molecule has 2 heterocycles. The van der Waals surface area contributed by atoms with Gasteiger partial charge in [-0.25, -0.2) is 13.4 Å². The van der Waals surface area contributed by atoms with E-state index in [0.717, 1.165) is 11.4 Å². The maximum absolute atomic E-state index is 11.5. The van der Waals surface area contributed by atoms with Crippen LogP contribution in [-0.2, 0) is 9.84 Å². The van der Waals surface area contributed by atoms with E-state index in [1.165, 1.54) is 0 Å². The average molecular weight is 285 g/mol. The van der Waals surface area contributed by atoms with Crippen LogP contribution in [-0.4, -0.2) is 43.0 Å². The molecule has 18 heavy (non-hydrogen) atoms. The molecule has 1 aliphatic heterocycles. The molecule has 0 unspecified atom stereocenters. The molecule has 0 bridgehead atoms. The van der Waals surface area contributed by atoms with Gasteiger partial charge in [0.15, 0.2) is 9.84 Å². The Balaban J connectivity index is 2.14. The van der Waals surface area contributed by atoms with E-state index in [-0.39, 0.29) is 11.5 Å². The fraction of sp³-hybridized carbons (Fsp3) is 0.455. The molecule has 0 radical (unpaired) electrons. The molecule has 1 aromatic rings. The summed E-state index contributed by atoms with van der Waals surface area (Å²) in [5, 5.41) is 0. The number of hydrogen-bond acceptors (Lipinski definition) is 5. The molecule has 0 spiro atoms. The molecule has 0 amide bonds. The Morgan fingerprint density at radius 3 is 2.72 bits per heavy atom. The van der Waals surface area contributed by atoms with E-state index in [9.17, 15) is 8.42 Å². The van der Waals surface area contributed by atoms with Crippen molar-refractivity contribution in [3.8, 4) is 0 Å². The number of rotatable bonds is 2. The molecular formula is C11H15N3O2S2. The highest BCUT2D eigenvalue weighted by Crippen LogP contribution is 2.15. The van der Waals surface area contributed by atoms with Crippen molar-refractivity contribution < 1.29 is 8.42 Å². The summed E-state index contributed by atoms with van der Waals surface area (Å²) in [6.07, 6.45) is 2.26. The van der Waals surface area contributed by atoms with Crippen LogP contribution in [0, 0.1) is 0 Å². The number of thiocarbonyl (C=S) groups is 1. The van der Waals surface area contributed by atoms with Crippen molar-refractivity contribution in [3.63, 3.8) is 0 Å². The SMILES string of the molecule is NC(=S)c1ccc(N2CCCS(=O)(=O)CC2)nc1. The average Bonchev–Trinajstić information content (AvgIpc) is 2.50. The molecule has 2 N–H and O–H groups in total. The van der Waals surface area contributed by atoms with Crippen LogP contribution in [0.2, 0.25) is 0 Å². The Labute approximate surface area is 112 Å². The summed E-state index contributed by atoms with van der Waals surface area (Å²) >= 11 is 4.86. The highest BCUT2D eigenvalue weighted by atomic mass is 32.2. The molecule has 98 valence electrons. The number of aromatic nitrogens is 1. The molecular weight excluding hydrogens is 270 g/mol. The summed E-state index contributed by atoms with van der Waals surface area (Å²) in [5.41, 5.74) is 6.22. The van der Waals surface area contributed by atoms with Gasteiger partial charge in [-0.1, -0.05) is 12.2 Å². The van der Waals surface area contributed by atoms with Crippen LogP contribution in [0.25, 0.3) is 0 Å². The lowest BCUT2D eigenvalue weighted by molar-refractivity contribution is 0.597. The second kappa shape index (κ2) is 5.19. The van der Waals surface area contributed by atoms with Crippen molar-refractivity contribution >= 4 is 32.9 Å². The van der Waals surface area contributed by atoms with Gasteiger partial charge in [0, 0.05) is 24.8 Å². The quantitative estimate of drug-likeness (QED) is 0.790. The van der Waals surface area contributed by atoms with Crippen LogP contribution in [0.5, 0.6) is 0 Å². The predicted molar refractivity (Wildman–Crippen MR) is 75.6 cm³/mol. The van der Waals surface area contributed by atoms with Gasteiger partial charge in [-0.05, 0) is 18.6 Å². The number of nitrogens with two attached hydrogens (primary N) is 1. The first-order valence-electron chi connectivity index (χ1n) is 5.69. The lowest BCUT2D eigenvalue weighted by atomic mass is 10.2. The van der Waals surface area contributed by atoms with Crippen LogP contribution in [0.15, 0.2) is 18.3 Å². The molecule has 5 nitrogen and oxygen atoms in total. The second-order valence-corrected chi connectivity index (χ2v) is 7.01. The first-order chi connectivity index (χ1) is 8.48. The van der Waals surface area contributed by atoms with E-state index in [4.69, 9.17) is 18.0 Å². The highest BCUT2D eigenvalue weighted by Gasteiger charge is 2.19. The Kier molecular flexibility index (Phi) is 3.82. The lowest BCUT2D eigenvalue weighted by Gasteiger charge is -2.20. The molecule has 1 saturated heterocycles. The minimum atomic E-state index is -2.89. The first kappa shape index (κ1) is 13.2. The molecule has 1 aromatic heterocycles. The normalized spacial score (nSPS) is 19.2. The molecule has 0 aromatic carbocycles. The number of hydrogen-bond donors (Lipinski definition) is 1. The largest absolute Gasteiger partial charge is 0.389 e. The second-order valence-electron chi connectivity index (χ2n) is 4.26. The van der Waals surface area contributed by atoms with Crippen LogP contribution in [0.1, 0.15) is 12.0 Å². The summed E-state index contributed by atoms with van der Waals surface area (Å²) in [5.74, 6) is 1.22. The zero-order chi connectivity index (χ0) is 13.2. The van der Waals surface area contributed by atoms with Gasteiger partial charge in [0.1, 0.15) is 10.8 Å². The van der Waals surface area contributed by atoms with Gasteiger partial charge in [-0.3, -0.25) is 0 Å². The molecule has 1 aliphatic rings. The Morgan fingerprint density at radius 1 is 1.33 bits per heavy atom.